The summed E-state index contributed by atoms with van der Waals surface area (Å²) in [4.78, 5) is 28.1. The number of amides is 2. The molecule has 7 nitrogen and oxygen atoms in total. The van der Waals surface area contributed by atoms with E-state index in [0.29, 0.717) is 28.6 Å². The van der Waals surface area contributed by atoms with Crippen molar-refractivity contribution in [1.82, 2.24) is 0 Å². The molecule has 0 saturated carbocycles. The summed E-state index contributed by atoms with van der Waals surface area (Å²) in [6.07, 6.45) is 0.444. The molecule has 1 aliphatic heterocycles. The number of ether oxygens (including phenoxy) is 2. The number of carbonyl (C=O) groups excluding carboxylic acids is 2. The number of anilines is 2. The number of nitrogens with zero attached hydrogens (tertiary/aromatic N) is 2. The topological polar surface area (TPSA) is 91.7 Å². The Kier molecular flexibility index (Phi) is 7.38. The largest absolute Gasteiger partial charge is 0.497 e. The van der Waals surface area contributed by atoms with Gasteiger partial charge in [0.25, 0.3) is 5.91 Å². The van der Waals surface area contributed by atoms with Gasteiger partial charge < -0.3 is 14.8 Å². The van der Waals surface area contributed by atoms with E-state index in [1.54, 1.807) is 50.6 Å². The fraction of sp³-hybridized carbons (Fsp3) is 0.148. The molecule has 1 aliphatic rings. The van der Waals surface area contributed by atoms with E-state index in [1.807, 2.05) is 48.5 Å². The second-order valence-electron chi connectivity index (χ2n) is 7.64. The molecule has 0 aliphatic carbocycles. The second-order valence-corrected chi connectivity index (χ2v) is 8.83. The van der Waals surface area contributed by atoms with Gasteiger partial charge in [-0.25, -0.2) is 0 Å². The Balaban J connectivity index is 1.66. The number of rotatable bonds is 7. The van der Waals surface area contributed by atoms with Gasteiger partial charge in [0, 0.05) is 11.4 Å². The van der Waals surface area contributed by atoms with Crippen molar-refractivity contribution in [3.05, 3.63) is 95.0 Å². The molecule has 1 heterocycles. The van der Waals surface area contributed by atoms with Crippen LogP contribution in [-0.4, -0.2) is 31.3 Å². The standard InChI is InChI=1S/C27H23N3O4S/c1-33-21-12-8-18(9-13-21)16-24-26(32)30(20-6-4-3-5-7-20)27(35-24)23(17-28)25(31)29-19-10-14-22(34-2)15-11-19/h3-15,24H,16H2,1-2H3,(H,29,31)/b27-23-. The number of para-hydroxylation sites is 1. The lowest BCUT2D eigenvalue weighted by Gasteiger charge is -2.18. The van der Waals surface area contributed by atoms with Crippen LogP contribution in [0.5, 0.6) is 11.5 Å². The van der Waals surface area contributed by atoms with E-state index in [-0.39, 0.29) is 11.5 Å². The molecule has 0 radical (unpaired) electrons. The zero-order chi connectivity index (χ0) is 24.8. The van der Waals surface area contributed by atoms with Crippen LogP contribution in [-0.2, 0) is 16.0 Å². The minimum Gasteiger partial charge on any atom is -0.497 e. The first-order chi connectivity index (χ1) is 17.0. The molecule has 3 aromatic rings. The summed E-state index contributed by atoms with van der Waals surface area (Å²) in [5.74, 6) is 0.610. The van der Waals surface area contributed by atoms with Gasteiger partial charge in [0.05, 0.1) is 19.5 Å². The summed E-state index contributed by atoms with van der Waals surface area (Å²) in [5.41, 5.74) is 1.94. The Bertz CT molecular complexity index is 1280. The number of methoxy groups -OCH3 is 2. The Morgan fingerprint density at radius 1 is 0.971 bits per heavy atom. The maximum Gasteiger partial charge on any atom is 0.269 e. The lowest BCUT2D eigenvalue weighted by molar-refractivity contribution is -0.117. The first-order valence-corrected chi connectivity index (χ1v) is 11.7. The molecule has 176 valence electrons. The van der Waals surface area contributed by atoms with Gasteiger partial charge in [-0.3, -0.25) is 14.5 Å². The summed E-state index contributed by atoms with van der Waals surface area (Å²) >= 11 is 1.23. The molecule has 1 atom stereocenters. The summed E-state index contributed by atoms with van der Waals surface area (Å²) in [5, 5.41) is 12.5. The minimum atomic E-state index is -0.584. The number of carbonyl (C=O) groups is 2. The van der Waals surface area contributed by atoms with E-state index in [9.17, 15) is 14.9 Å². The normalized spacial score (nSPS) is 16.4. The highest BCUT2D eigenvalue weighted by Crippen LogP contribution is 2.42. The van der Waals surface area contributed by atoms with Crippen LogP contribution in [0.3, 0.4) is 0 Å². The highest BCUT2D eigenvalue weighted by molar-refractivity contribution is 8.05. The quantitative estimate of drug-likeness (QED) is 0.383. The molecule has 8 heteroatoms. The van der Waals surface area contributed by atoms with Crippen molar-refractivity contribution >= 4 is 35.0 Å². The van der Waals surface area contributed by atoms with Crippen molar-refractivity contribution in [3.8, 4) is 17.6 Å². The predicted molar refractivity (Wildman–Crippen MR) is 136 cm³/mol. The molecular weight excluding hydrogens is 462 g/mol. The Labute approximate surface area is 208 Å². The van der Waals surface area contributed by atoms with Gasteiger partial charge in [0.1, 0.15) is 28.2 Å². The SMILES string of the molecule is COc1ccc(CC2S/C(=C(/C#N)C(=O)Nc3ccc(OC)cc3)N(c3ccccc3)C2=O)cc1. The van der Waals surface area contributed by atoms with Gasteiger partial charge in [-0.2, -0.15) is 5.26 Å². The molecule has 0 bridgehead atoms. The van der Waals surface area contributed by atoms with E-state index in [1.165, 1.54) is 16.7 Å². The third kappa shape index (κ3) is 5.31. The molecule has 35 heavy (non-hydrogen) atoms. The molecule has 1 unspecified atom stereocenters. The second kappa shape index (κ2) is 10.8. The highest BCUT2D eigenvalue weighted by atomic mass is 32.2. The number of nitrogens with one attached hydrogen (secondary N) is 1. The summed E-state index contributed by atoms with van der Waals surface area (Å²) in [7, 11) is 3.15. The van der Waals surface area contributed by atoms with Crippen LogP contribution in [0.2, 0.25) is 0 Å². The molecule has 2 amide bonds. The van der Waals surface area contributed by atoms with Crippen LogP contribution in [0.15, 0.2) is 89.5 Å². The smallest absolute Gasteiger partial charge is 0.269 e. The van der Waals surface area contributed by atoms with Crippen LogP contribution in [0.1, 0.15) is 5.56 Å². The lowest BCUT2D eigenvalue weighted by atomic mass is 10.1. The predicted octanol–water partition coefficient (Wildman–Crippen LogP) is 4.77. The molecular formula is C27H23N3O4S. The van der Waals surface area contributed by atoms with Crippen LogP contribution >= 0.6 is 11.8 Å². The third-order valence-corrected chi connectivity index (χ3v) is 6.71. The molecule has 3 aromatic carbocycles. The zero-order valence-electron chi connectivity index (χ0n) is 19.2. The number of hydrogen-bond donors (Lipinski definition) is 1. The number of thioether (sulfide) groups is 1. The first kappa shape index (κ1) is 23.9. The van der Waals surface area contributed by atoms with Crippen molar-refractivity contribution in [1.29, 1.82) is 5.26 Å². The lowest BCUT2D eigenvalue weighted by Crippen LogP contribution is -2.30. The third-order valence-electron chi connectivity index (χ3n) is 5.45. The molecule has 0 spiro atoms. The van der Waals surface area contributed by atoms with E-state index in [4.69, 9.17) is 9.47 Å². The van der Waals surface area contributed by atoms with Crippen LogP contribution in [0.25, 0.3) is 0 Å². The molecule has 1 N–H and O–H groups in total. The van der Waals surface area contributed by atoms with Crippen molar-refractivity contribution in [2.75, 3.05) is 24.4 Å². The van der Waals surface area contributed by atoms with Crippen molar-refractivity contribution < 1.29 is 19.1 Å². The maximum atomic E-state index is 13.5. The average Bonchev–Trinajstić information content (AvgIpc) is 3.21. The Hall–Kier alpha value is -4.22. The van der Waals surface area contributed by atoms with Gasteiger partial charge in [-0.15, -0.1) is 0 Å². The summed E-state index contributed by atoms with van der Waals surface area (Å²) < 4.78 is 10.4. The van der Waals surface area contributed by atoms with Crippen LogP contribution < -0.4 is 19.7 Å². The molecule has 4 rings (SSSR count). The van der Waals surface area contributed by atoms with E-state index in [2.05, 4.69) is 5.32 Å². The highest BCUT2D eigenvalue weighted by Gasteiger charge is 2.40. The van der Waals surface area contributed by atoms with Crippen molar-refractivity contribution in [3.63, 3.8) is 0 Å². The van der Waals surface area contributed by atoms with Gasteiger partial charge in [-0.05, 0) is 60.5 Å². The molecule has 1 fully saturated rings. The van der Waals surface area contributed by atoms with Crippen LogP contribution in [0.4, 0.5) is 11.4 Å². The van der Waals surface area contributed by atoms with Crippen molar-refractivity contribution in [2.24, 2.45) is 0 Å². The Morgan fingerprint density at radius 3 is 2.14 bits per heavy atom. The molecule has 0 aromatic heterocycles. The van der Waals surface area contributed by atoms with Gasteiger partial charge in [-0.1, -0.05) is 42.1 Å². The van der Waals surface area contributed by atoms with Gasteiger partial charge in [0.15, 0.2) is 0 Å². The number of hydrogen-bond acceptors (Lipinski definition) is 6. The van der Waals surface area contributed by atoms with E-state index in [0.717, 1.165) is 11.3 Å². The van der Waals surface area contributed by atoms with Crippen molar-refractivity contribution in [2.45, 2.75) is 11.7 Å². The number of benzene rings is 3. The van der Waals surface area contributed by atoms with Gasteiger partial charge >= 0.3 is 0 Å². The monoisotopic (exact) mass is 485 g/mol. The summed E-state index contributed by atoms with van der Waals surface area (Å²) in [6.45, 7) is 0. The summed E-state index contributed by atoms with van der Waals surface area (Å²) in [6, 6.07) is 25.3. The van der Waals surface area contributed by atoms with Gasteiger partial charge in [0.2, 0.25) is 5.91 Å². The fourth-order valence-corrected chi connectivity index (χ4v) is 4.95. The first-order valence-electron chi connectivity index (χ1n) is 10.8. The minimum absolute atomic E-state index is 0.125. The van der Waals surface area contributed by atoms with E-state index < -0.39 is 11.2 Å². The molecule has 1 saturated heterocycles. The fourth-order valence-electron chi connectivity index (χ4n) is 3.64. The zero-order valence-corrected chi connectivity index (χ0v) is 20.0. The maximum absolute atomic E-state index is 13.5. The Morgan fingerprint density at radius 2 is 1.57 bits per heavy atom. The average molecular weight is 486 g/mol. The van der Waals surface area contributed by atoms with E-state index >= 15 is 0 Å². The number of nitriles is 1. The van der Waals surface area contributed by atoms with Crippen LogP contribution in [0, 0.1) is 11.3 Å².